The van der Waals surface area contributed by atoms with Gasteiger partial charge in [-0.2, -0.15) is 0 Å². The smallest absolute Gasteiger partial charge is 0.223 e. The summed E-state index contributed by atoms with van der Waals surface area (Å²) >= 11 is 1.64. The minimum atomic E-state index is -2.99. The molecule has 21 heavy (non-hydrogen) atoms. The average Bonchev–Trinajstić information content (AvgIpc) is 3.06. The molecule has 1 fully saturated rings. The molecule has 1 saturated heterocycles. The van der Waals surface area contributed by atoms with E-state index >= 15 is 0 Å². The molecule has 1 aliphatic rings. The van der Waals surface area contributed by atoms with E-state index in [2.05, 4.69) is 0 Å². The van der Waals surface area contributed by atoms with Crippen LogP contribution in [0.15, 0.2) is 17.5 Å². The Morgan fingerprint density at radius 1 is 1.52 bits per heavy atom. The van der Waals surface area contributed by atoms with Gasteiger partial charge < -0.3 is 9.64 Å². The first kappa shape index (κ1) is 16.5. The van der Waals surface area contributed by atoms with Crippen molar-refractivity contribution in [2.24, 2.45) is 0 Å². The van der Waals surface area contributed by atoms with Gasteiger partial charge in [-0.1, -0.05) is 6.07 Å². The highest BCUT2D eigenvalue weighted by molar-refractivity contribution is 7.91. The Hall–Kier alpha value is -0.920. The minimum Gasteiger partial charge on any atom is -0.383 e. The van der Waals surface area contributed by atoms with Crippen LogP contribution in [0.25, 0.3) is 0 Å². The molecular formula is C14H21NO4S2. The summed E-state index contributed by atoms with van der Waals surface area (Å²) in [6.07, 6.45) is 1.66. The standard InChI is InChI=1S/C14H21NO4S2/c1-19-8-7-15(12-6-10-21(17,18)11-12)14(16)5-4-13-3-2-9-20-13/h2-3,9,12H,4-8,10-11H2,1H3. The van der Waals surface area contributed by atoms with Crippen LogP contribution in [0, 0.1) is 0 Å². The molecule has 7 heteroatoms. The van der Waals surface area contributed by atoms with Gasteiger partial charge in [-0.25, -0.2) is 8.42 Å². The quantitative estimate of drug-likeness (QED) is 0.756. The van der Waals surface area contributed by atoms with Crippen LogP contribution in [0.5, 0.6) is 0 Å². The Balaban J connectivity index is 1.96. The number of hydrogen-bond acceptors (Lipinski definition) is 5. The molecule has 0 spiro atoms. The van der Waals surface area contributed by atoms with E-state index in [-0.39, 0.29) is 23.5 Å². The fourth-order valence-electron chi connectivity index (χ4n) is 2.55. The Morgan fingerprint density at radius 2 is 2.33 bits per heavy atom. The molecule has 1 atom stereocenters. The van der Waals surface area contributed by atoms with Crippen molar-refractivity contribution in [3.63, 3.8) is 0 Å². The number of aryl methyl sites for hydroxylation is 1. The van der Waals surface area contributed by atoms with Crippen molar-refractivity contribution in [3.8, 4) is 0 Å². The molecular weight excluding hydrogens is 310 g/mol. The topological polar surface area (TPSA) is 63.7 Å². The Kier molecular flexibility index (Phi) is 5.78. The zero-order valence-electron chi connectivity index (χ0n) is 12.2. The van der Waals surface area contributed by atoms with Crippen molar-refractivity contribution in [2.45, 2.75) is 25.3 Å². The van der Waals surface area contributed by atoms with Crippen molar-refractivity contribution in [1.29, 1.82) is 0 Å². The maximum absolute atomic E-state index is 12.4. The molecule has 0 aromatic carbocycles. The van der Waals surface area contributed by atoms with Gasteiger partial charge in [0.1, 0.15) is 0 Å². The number of carbonyl (C=O) groups is 1. The fraction of sp³-hybridized carbons (Fsp3) is 0.643. The summed E-state index contributed by atoms with van der Waals surface area (Å²) in [6.45, 7) is 0.890. The van der Waals surface area contributed by atoms with Gasteiger partial charge in [0.2, 0.25) is 5.91 Å². The number of nitrogens with zero attached hydrogens (tertiary/aromatic N) is 1. The highest BCUT2D eigenvalue weighted by Gasteiger charge is 2.34. The van der Waals surface area contributed by atoms with Crippen LogP contribution in [0.3, 0.4) is 0 Å². The van der Waals surface area contributed by atoms with Crippen LogP contribution in [0.2, 0.25) is 0 Å². The third kappa shape index (κ3) is 4.79. The van der Waals surface area contributed by atoms with Crippen molar-refractivity contribution < 1.29 is 17.9 Å². The van der Waals surface area contributed by atoms with E-state index in [0.29, 0.717) is 32.4 Å². The van der Waals surface area contributed by atoms with Gasteiger partial charge in [0.25, 0.3) is 0 Å². The van der Waals surface area contributed by atoms with Gasteiger partial charge in [0.15, 0.2) is 9.84 Å². The van der Waals surface area contributed by atoms with Crippen molar-refractivity contribution in [2.75, 3.05) is 31.8 Å². The Labute approximate surface area is 129 Å². The predicted octanol–water partition coefficient (Wildman–Crippen LogP) is 1.34. The monoisotopic (exact) mass is 331 g/mol. The second-order valence-corrected chi connectivity index (χ2v) is 8.48. The molecule has 2 rings (SSSR count). The van der Waals surface area contributed by atoms with Gasteiger partial charge in [-0.3, -0.25) is 4.79 Å². The van der Waals surface area contributed by atoms with Crippen LogP contribution in [0.1, 0.15) is 17.7 Å². The number of methoxy groups -OCH3 is 1. The molecule has 118 valence electrons. The lowest BCUT2D eigenvalue weighted by Gasteiger charge is -2.28. The van der Waals surface area contributed by atoms with Crippen molar-refractivity contribution in [3.05, 3.63) is 22.4 Å². The van der Waals surface area contributed by atoms with Crippen LogP contribution in [-0.2, 0) is 25.8 Å². The summed E-state index contributed by atoms with van der Waals surface area (Å²) in [4.78, 5) is 15.3. The molecule has 1 unspecified atom stereocenters. The van der Waals surface area contributed by atoms with E-state index in [0.717, 1.165) is 0 Å². The third-order valence-electron chi connectivity index (χ3n) is 3.67. The molecule has 1 aromatic rings. The van der Waals surface area contributed by atoms with Crippen LogP contribution in [-0.4, -0.2) is 57.0 Å². The number of rotatable bonds is 7. The van der Waals surface area contributed by atoms with Crippen LogP contribution < -0.4 is 0 Å². The summed E-state index contributed by atoms with van der Waals surface area (Å²) in [7, 11) is -1.41. The number of thiophene rings is 1. The maximum atomic E-state index is 12.4. The van der Waals surface area contributed by atoms with E-state index in [1.54, 1.807) is 23.3 Å². The predicted molar refractivity (Wildman–Crippen MR) is 83.3 cm³/mol. The molecule has 5 nitrogen and oxygen atoms in total. The lowest BCUT2D eigenvalue weighted by atomic mass is 10.1. The van der Waals surface area contributed by atoms with E-state index in [1.807, 2.05) is 17.5 Å². The van der Waals surface area contributed by atoms with Gasteiger partial charge in [0, 0.05) is 31.0 Å². The van der Waals surface area contributed by atoms with E-state index in [4.69, 9.17) is 4.74 Å². The van der Waals surface area contributed by atoms with Gasteiger partial charge >= 0.3 is 0 Å². The maximum Gasteiger partial charge on any atom is 0.223 e. The summed E-state index contributed by atoms with van der Waals surface area (Å²) in [6, 6.07) is 3.79. The third-order valence-corrected chi connectivity index (χ3v) is 6.36. The SMILES string of the molecule is COCCN(C(=O)CCc1cccs1)C1CCS(=O)(=O)C1. The van der Waals surface area contributed by atoms with Crippen molar-refractivity contribution >= 4 is 27.1 Å². The normalized spacial score (nSPS) is 20.5. The number of sulfone groups is 1. The summed E-state index contributed by atoms with van der Waals surface area (Å²) in [5, 5.41) is 1.99. The van der Waals surface area contributed by atoms with Crippen molar-refractivity contribution in [1.82, 2.24) is 4.90 Å². The molecule has 0 radical (unpaired) electrons. The minimum absolute atomic E-state index is 0.0163. The van der Waals surface area contributed by atoms with E-state index in [9.17, 15) is 13.2 Å². The first-order valence-corrected chi connectivity index (χ1v) is 9.73. The summed E-state index contributed by atoms with van der Waals surface area (Å²) in [5.41, 5.74) is 0. The highest BCUT2D eigenvalue weighted by atomic mass is 32.2. The average molecular weight is 331 g/mol. The second-order valence-electron chi connectivity index (χ2n) is 5.22. The van der Waals surface area contributed by atoms with E-state index < -0.39 is 9.84 Å². The largest absolute Gasteiger partial charge is 0.383 e. The first-order chi connectivity index (χ1) is 10.0. The zero-order chi connectivity index (χ0) is 15.3. The zero-order valence-corrected chi connectivity index (χ0v) is 13.8. The van der Waals surface area contributed by atoms with Gasteiger partial charge in [-0.05, 0) is 24.3 Å². The van der Waals surface area contributed by atoms with Crippen LogP contribution >= 0.6 is 11.3 Å². The first-order valence-electron chi connectivity index (χ1n) is 7.03. The highest BCUT2D eigenvalue weighted by Crippen LogP contribution is 2.19. The van der Waals surface area contributed by atoms with Gasteiger partial charge in [-0.15, -0.1) is 11.3 Å². The van der Waals surface area contributed by atoms with Gasteiger partial charge in [0.05, 0.1) is 18.1 Å². The summed E-state index contributed by atoms with van der Waals surface area (Å²) in [5.74, 6) is 0.281. The number of ether oxygens (including phenoxy) is 1. The number of amides is 1. The fourth-order valence-corrected chi connectivity index (χ4v) is 4.99. The molecule has 1 aliphatic heterocycles. The number of carbonyl (C=O) groups excluding carboxylic acids is 1. The molecule has 0 N–H and O–H groups in total. The molecule has 1 aromatic heterocycles. The molecule has 2 heterocycles. The van der Waals surface area contributed by atoms with Crippen LogP contribution in [0.4, 0.5) is 0 Å². The Morgan fingerprint density at radius 3 is 2.90 bits per heavy atom. The van der Waals surface area contributed by atoms with E-state index in [1.165, 1.54) is 4.88 Å². The molecule has 0 aliphatic carbocycles. The second kappa shape index (κ2) is 7.38. The summed E-state index contributed by atoms with van der Waals surface area (Å²) < 4.78 is 28.3. The lowest BCUT2D eigenvalue weighted by Crippen LogP contribution is -2.43. The number of hydrogen-bond donors (Lipinski definition) is 0. The molecule has 0 saturated carbocycles. The molecule has 1 amide bonds. The lowest BCUT2D eigenvalue weighted by molar-refractivity contribution is -0.133. The Bertz CT molecular complexity index is 554. The molecule has 0 bridgehead atoms.